The van der Waals surface area contributed by atoms with Crippen LogP contribution in [0.2, 0.25) is 0 Å². The lowest BCUT2D eigenvalue weighted by Gasteiger charge is -2.22. The van der Waals surface area contributed by atoms with Gasteiger partial charge >= 0.3 is 0 Å². The third kappa shape index (κ3) is 3.23. The predicted octanol–water partition coefficient (Wildman–Crippen LogP) is 3.08. The van der Waals surface area contributed by atoms with Crippen LogP contribution in [0.1, 0.15) is 55.0 Å². The maximum Gasteiger partial charge on any atom is 0.272 e. The molecule has 2 aromatic heterocycles. The van der Waals surface area contributed by atoms with E-state index in [-0.39, 0.29) is 5.91 Å². The van der Waals surface area contributed by atoms with Crippen molar-refractivity contribution in [2.45, 2.75) is 53.0 Å². The van der Waals surface area contributed by atoms with Gasteiger partial charge in [0.15, 0.2) is 0 Å². The van der Waals surface area contributed by atoms with Crippen molar-refractivity contribution in [3.8, 4) is 11.3 Å². The second kappa shape index (κ2) is 6.42. The van der Waals surface area contributed by atoms with E-state index in [0.29, 0.717) is 17.7 Å². The van der Waals surface area contributed by atoms with Crippen LogP contribution in [0.3, 0.4) is 0 Å². The highest BCUT2D eigenvalue weighted by atomic mass is 16.2. The molecule has 1 amide bonds. The lowest BCUT2D eigenvalue weighted by Crippen LogP contribution is -2.34. The molecule has 0 unspecified atom stereocenters. The lowest BCUT2D eigenvalue weighted by atomic mass is 10.1. The zero-order chi connectivity index (χ0) is 17.4. The Hall–Kier alpha value is -2.11. The number of aromatic amines is 1. The fraction of sp³-hybridized carbons (Fsp3) is 0.611. The molecule has 1 saturated carbocycles. The minimum atomic E-state index is 0.0658. The summed E-state index contributed by atoms with van der Waals surface area (Å²) in [5, 5.41) is 11.7. The number of amides is 1. The lowest BCUT2D eigenvalue weighted by molar-refractivity contribution is 0.0729. The van der Waals surface area contributed by atoms with Gasteiger partial charge in [-0.2, -0.15) is 10.2 Å². The topological polar surface area (TPSA) is 66.8 Å². The van der Waals surface area contributed by atoms with Crippen molar-refractivity contribution in [3.63, 3.8) is 0 Å². The van der Waals surface area contributed by atoms with E-state index in [2.05, 4.69) is 29.1 Å². The Morgan fingerprint density at radius 2 is 2.12 bits per heavy atom. The third-order valence-electron chi connectivity index (χ3n) is 4.77. The first-order valence-electron chi connectivity index (χ1n) is 8.75. The molecule has 6 nitrogen and oxygen atoms in total. The second-order valence-electron chi connectivity index (χ2n) is 7.25. The van der Waals surface area contributed by atoms with Crippen molar-refractivity contribution in [3.05, 3.63) is 23.1 Å². The van der Waals surface area contributed by atoms with Crippen molar-refractivity contribution in [2.24, 2.45) is 13.0 Å². The third-order valence-corrected chi connectivity index (χ3v) is 4.77. The zero-order valence-electron chi connectivity index (χ0n) is 15.3. The molecule has 3 rings (SSSR count). The van der Waals surface area contributed by atoms with Gasteiger partial charge in [0.05, 0.1) is 11.4 Å². The number of nitrogens with zero attached hydrogens (tertiary/aromatic N) is 4. The maximum atomic E-state index is 12.9. The minimum absolute atomic E-state index is 0.0658. The SMILES string of the molecule is Cc1nn(C)c(C)c1-c1cc(C(=O)N(CCC(C)C)C2CC2)[nH]n1. The Bertz CT molecular complexity index is 739. The van der Waals surface area contributed by atoms with Crippen LogP contribution in [0.15, 0.2) is 6.07 Å². The van der Waals surface area contributed by atoms with Crippen LogP contribution in [0.25, 0.3) is 11.3 Å². The molecule has 1 aliphatic rings. The smallest absolute Gasteiger partial charge is 0.272 e. The van der Waals surface area contributed by atoms with Crippen molar-refractivity contribution < 1.29 is 4.79 Å². The Morgan fingerprint density at radius 3 is 2.67 bits per heavy atom. The molecule has 130 valence electrons. The van der Waals surface area contributed by atoms with Crippen molar-refractivity contribution >= 4 is 5.91 Å². The van der Waals surface area contributed by atoms with Gasteiger partial charge in [-0.25, -0.2) is 0 Å². The highest BCUT2D eigenvalue weighted by molar-refractivity contribution is 5.94. The van der Waals surface area contributed by atoms with Crippen LogP contribution >= 0.6 is 0 Å². The fourth-order valence-corrected chi connectivity index (χ4v) is 3.09. The first kappa shape index (κ1) is 16.7. The predicted molar refractivity (Wildman–Crippen MR) is 93.8 cm³/mol. The van der Waals surface area contributed by atoms with Crippen LogP contribution in [0.5, 0.6) is 0 Å². The van der Waals surface area contributed by atoms with Gasteiger partial charge in [0, 0.05) is 30.9 Å². The van der Waals surface area contributed by atoms with Crippen LogP contribution in [-0.2, 0) is 7.05 Å². The van der Waals surface area contributed by atoms with Crippen LogP contribution in [-0.4, -0.2) is 43.4 Å². The van der Waals surface area contributed by atoms with E-state index in [1.807, 2.05) is 36.5 Å². The van der Waals surface area contributed by atoms with E-state index in [4.69, 9.17) is 0 Å². The number of hydrogen-bond donors (Lipinski definition) is 1. The fourth-order valence-electron chi connectivity index (χ4n) is 3.09. The normalized spacial score (nSPS) is 14.4. The number of hydrogen-bond acceptors (Lipinski definition) is 3. The largest absolute Gasteiger partial charge is 0.334 e. The molecule has 0 aromatic carbocycles. The molecule has 1 N–H and O–H groups in total. The van der Waals surface area contributed by atoms with E-state index in [1.165, 1.54) is 0 Å². The van der Waals surface area contributed by atoms with Gasteiger partial charge in [0.1, 0.15) is 5.69 Å². The summed E-state index contributed by atoms with van der Waals surface area (Å²) in [6.07, 6.45) is 3.27. The Balaban J connectivity index is 1.82. The summed E-state index contributed by atoms with van der Waals surface area (Å²) in [5.74, 6) is 0.660. The second-order valence-corrected chi connectivity index (χ2v) is 7.25. The summed E-state index contributed by atoms with van der Waals surface area (Å²) in [6.45, 7) is 9.19. The molecule has 1 fully saturated rings. The molecular formula is C18H27N5O. The highest BCUT2D eigenvalue weighted by Gasteiger charge is 2.33. The molecule has 0 bridgehead atoms. The molecule has 0 aliphatic heterocycles. The summed E-state index contributed by atoms with van der Waals surface area (Å²) in [7, 11) is 1.92. The molecular weight excluding hydrogens is 302 g/mol. The molecule has 0 atom stereocenters. The number of nitrogens with one attached hydrogen (secondary N) is 1. The number of aromatic nitrogens is 4. The van der Waals surface area contributed by atoms with E-state index < -0.39 is 0 Å². The van der Waals surface area contributed by atoms with Crippen molar-refractivity contribution in [2.75, 3.05) is 6.54 Å². The molecule has 0 radical (unpaired) electrons. The molecule has 0 spiro atoms. The van der Waals surface area contributed by atoms with Gasteiger partial charge in [0.2, 0.25) is 0 Å². The minimum Gasteiger partial charge on any atom is -0.334 e. The first-order chi connectivity index (χ1) is 11.4. The number of aryl methyl sites for hydroxylation is 2. The first-order valence-corrected chi connectivity index (χ1v) is 8.75. The van der Waals surface area contributed by atoms with Gasteiger partial charge in [-0.15, -0.1) is 0 Å². The van der Waals surface area contributed by atoms with Crippen LogP contribution in [0, 0.1) is 19.8 Å². The van der Waals surface area contributed by atoms with Crippen LogP contribution < -0.4 is 0 Å². The van der Waals surface area contributed by atoms with E-state index in [9.17, 15) is 4.79 Å². The quantitative estimate of drug-likeness (QED) is 0.885. The van der Waals surface area contributed by atoms with Gasteiger partial charge in [0.25, 0.3) is 5.91 Å². The summed E-state index contributed by atoms with van der Waals surface area (Å²) in [4.78, 5) is 14.9. The van der Waals surface area contributed by atoms with Gasteiger partial charge in [-0.3, -0.25) is 14.6 Å². The molecule has 24 heavy (non-hydrogen) atoms. The molecule has 2 heterocycles. The highest BCUT2D eigenvalue weighted by Crippen LogP contribution is 2.30. The number of carbonyl (C=O) groups is 1. The van der Waals surface area contributed by atoms with Crippen molar-refractivity contribution in [1.82, 2.24) is 24.9 Å². The molecule has 6 heteroatoms. The molecule has 1 aliphatic carbocycles. The number of carbonyl (C=O) groups excluding carboxylic acids is 1. The van der Waals surface area contributed by atoms with Gasteiger partial charge < -0.3 is 4.90 Å². The zero-order valence-corrected chi connectivity index (χ0v) is 15.3. The van der Waals surface area contributed by atoms with Crippen LogP contribution in [0.4, 0.5) is 0 Å². The van der Waals surface area contributed by atoms with Crippen molar-refractivity contribution in [1.29, 1.82) is 0 Å². The van der Waals surface area contributed by atoms with Gasteiger partial charge in [-0.05, 0) is 45.1 Å². The molecule has 0 saturated heterocycles. The Kier molecular flexibility index (Phi) is 4.47. The Labute approximate surface area is 143 Å². The van der Waals surface area contributed by atoms with E-state index >= 15 is 0 Å². The monoisotopic (exact) mass is 329 g/mol. The Morgan fingerprint density at radius 1 is 1.42 bits per heavy atom. The van der Waals surface area contributed by atoms with E-state index in [0.717, 1.165) is 48.5 Å². The average Bonchev–Trinajstić information content (AvgIpc) is 3.17. The summed E-state index contributed by atoms with van der Waals surface area (Å²) < 4.78 is 1.85. The average molecular weight is 329 g/mol. The van der Waals surface area contributed by atoms with Gasteiger partial charge in [-0.1, -0.05) is 13.8 Å². The maximum absolute atomic E-state index is 12.9. The molecule has 2 aromatic rings. The number of H-pyrrole nitrogens is 1. The summed E-state index contributed by atoms with van der Waals surface area (Å²) in [6, 6.07) is 2.27. The summed E-state index contributed by atoms with van der Waals surface area (Å²) in [5.41, 5.74) is 4.36. The standard InChI is InChI=1S/C18H27N5O/c1-11(2)8-9-23(14-6-7-14)18(24)16-10-15(19-20-16)17-12(3)21-22(5)13(17)4/h10-11,14H,6-9H2,1-5H3,(H,19,20). The van der Waals surface area contributed by atoms with E-state index in [1.54, 1.807) is 0 Å². The summed E-state index contributed by atoms with van der Waals surface area (Å²) >= 11 is 0. The number of rotatable bonds is 6.